The van der Waals surface area contributed by atoms with Crippen LogP contribution in [0.4, 0.5) is 0 Å². The average molecular weight is 248 g/mol. The highest BCUT2D eigenvalue weighted by Crippen LogP contribution is 2.00. The molecular weight excluding hydrogens is 232 g/mol. The van der Waals surface area contributed by atoms with Crippen LogP contribution in [0.5, 0.6) is 0 Å². The number of nitrogens with zero attached hydrogens (tertiary/aromatic N) is 5. The minimum Gasteiger partial charge on any atom is -0.338 e. The van der Waals surface area contributed by atoms with Gasteiger partial charge in [-0.3, -0.25) is 9.89 Å². The van der Waals surface area contributed by atoms with E-state index in [4.69, 9.17) is 0 Å². The van der Waals surface area contributed by atoms with Crippen LogP contribution in [0.2, 0.25) is 0 Å². The Morgan fingerprint density at radius 1 is 1.56 bits per heavy atom. The molecule has 0 unspecified atom stereocenters. The smallest absolute Gasteiger partial charge is 0.224 e. The van der Waals surface area contributed by atoms with Gasteiger partial charge in [-0.2, -0.15) is 5.10 Å². The molecule has 0 aliphatic rings. The maximum atomic E-state index is 11.9. The second-order valence-electron chi connectivity index (χ2n) is 4.14. The first kappa shape index (κ1) is 12.3. The van der Waals surface area contributed by atoms with Gasteiger partial charge in [0.25, 0.3) is 0 Å². The molecule has 0 aliphatic heterocycles. The minimum atomic E-state index is 0.0613. The van der Waals surface area contributed by atoms with Gasteiger partial charge in [0.05, 0.1) is 12.9 Å². The lowest BCUT2D eigenvalue weighted by Gasteiger charge is -2.15. The first-order valence-electron chi connectivity index (χ1n) is 5.73. The van der Waals surface area contributed by atoms with Gasteiger partial charge in [-0.15, -0.1) is 0 Å². The van der Waals surface area contributed by atoms with Crippen molar-refractivity contribution in [1.29, 1.82) is 0 Å². The molecule has 0 bridgehead atoms. The molecule has 0 aliphatic carbocycles. The minimum absolute atomic E-state index is 0.0613. The molecule has 0 saturated carbocycles. The summed E-state index contributed by atoms with van der Waals surface area (Å²) in [6, 6.07) is 0. The number of H-pyrrole nitrogens is 1. The maximum Gasteiger partial charge on any atom is 0.224 e. The Labute approximate surface area is 105 Å². The summed E-state index contributed by atoms with van der Waals surface area (Å²) in [5.41, 5.74) is 0. The summed E-state index contributed by atoms with van der Waals surface area (Å²) in [7, 11) is 1.75. The SMILES string of the molecule is Cc1nc(CN(C)C(=O)CCn2ccnc2)n[nH]1. The molecule has 18 heavy (non-hydrogen) atoms. The zero-order chi connectivity index (χ0) is 13.0. The largest absolute Gasteiger partial charge is 0.338 e. The van der Waals surface area contributed by atoms with Gasteiger partial charge in [-0.1, -0.05) is 0 Å². The highest BCUT2D eigenvalue weighted by molar-refractivity contribution is 5.75. The third-order valence-electron chi connectivity index (χ3n) is 2.59. The Morgan fingerprint density at radius 3 is 3.00 bits per heavy atom. The van der Waals surface area contributed by atoms with Crippen LogP contribution in [-0.2, 0) is 17.9 Å². The fourth-order valence-corrected chi connectivity index (χ4v) is 1.59. The van der Waals surface area contributed by atoms with Crippen molar-refractivity contribution in [2.45, 2.75) is 26.4 Å². The topological polar surface area (TPSA) is 79.7 Å². The molecule has 2 aromatic rings. The number of carbonyl (C=O) groups excluding carboxylic acids is 1. The molecule has 0 spiro atoms. The maximum absolute atomic E-state index is 11.9. The fourth-order valence-electron chi connectivity index (χ4n) is 1.59. The summed E-state index contributed by atoms with van der Waals surface area (Å²) in [6.45, 7) is 2.89. The van der Waals surface area contributed by atoms with Gasteiger partial charge in [0.2, 0.25) is 5.91 Å². The molecule has 0 aromatic carbocycles. The van der Waals surface area contributed by atoms with Crippen molar-refractivity contribution in [3.8, 4) is 0 Å². The summed E-state index contributed by atoms with van der Waals surface area (Å²) in [5, 5.41) is 6.76. The number of hydrogen-bond donors (Lipinski definition) is 1. The van der Waals surface area contributed by atoms with E-state index < -0.39 is 0 Å². The highest BCUT2D eigenvalue weighted by atomic mass is 16.2. The molecule has 1 amide bonds. The monoisotopic (exact) mass is 248 g/mol. The average Bonchev–Trinajstić information content (AvgIpc) is 2.97. The van der Waals surface area contributed by atoms with Crippen LogP contribution < -0.4 is 0 Å². The van der Waals surface area contributed by atoms with Gasteiger partial charge in [-0.05, 0) is 6.92 Å². The molecule has 0 fully saturated rings. The predicted molar refractivity (Wildman–Crippen MR) is 64.4 cm³/mol. The normalized spacial score (nSPS) is 10.6. The van der Waals surface area contributed by atoms with Crippen LogP contribution in [0.1, 0.15) is 18.1 Å². The first-order valence-corrected chi connectivity index (χ1v) is 5.73. The molecule has 0 saturated heterocycles. The summed E-state index contributed by atoms with van der Waals surface area (Å²) in [6.07, 6.45) is 5.68. The number of carbonyl (C=O) groups is 1. The van der Waals surface area contributed by atoms with Crippen LogP contribution in [0.15, 0.2) is 18.7 Å². The van der Waals surface area contributed by atoms with Crippen molar-refractivity contribution in [3.63, 3.8) is 0 Å². The molecule has 96 valence electrons. The summed E-state index contributed by atoms with van der Waals surface area (Å²) < 4.78 is 1.88. The van der Waals surface area contributed by atoms with E-state index in [1.54, 1.807) is 24.5 Å². The van der Waals surface area contributed by atoms with Crippen molar-refractivity contribution in [2.75, 3.05) is 7.05 Å². The van der Waals surface area contributed by atoms with E-state index in [1.807, 2.05) is 17.7 Å². The van der Waals surface area contributed by atoms with Crippen LogP contribution in [0, 0.1) is 6.92 Å². The molecule has 2 heterocycles. The van der Waals surface area contributed by atoms with Gasteiger partial charge in [0.1, 0.15) is 5.82 Å². The number of aryl methyl sites for hydroxylation is 2. The predicted octanol–water partition coefficient (Wildman–Crippen LogP) is 0.358. The van der Waals surface area contributed by atoms with Gasteiger partial charge < -0.3 is 9.47 Å². The van der Waals surface area contributed by atoms with E-state index in [0.717, 1.165) is 5.82 Å². The van der Waals surface area contributed by atoms with E-state index >= 15 is 0 Å². The first-order chi connectivity index (χ1) is 8.65. The summed E-state index contributed by atoms with van der Waals surface area (Å²) in [4.78, 5) is 21.6. The molecule has 7 nitrogen and oxygen atoms in total. The van der Waals surface area contributed by atoms with Gasteiger partial charge >= 0.3 is 0 Å². The van der Waals surface area contributed by atoms with Crippen LogP contribution in [0.3, 0.4) is 0 Å². The third-order valence-corrected chi connectivity index (χ3v) is 2.59. The van der Waals surface area contributed by atoms with Crippen molar-refractivity contribution < 1.29 is 4.79 Å². The highest BCUT2D eigenvalue weighted by Gasteiger charge is 2.11. The van der Waals surface area contributed by atoms with Crippen LogP contribution in [0.25, 0.3) is 0 Å². The molecule has 2 rings (SSSR count). The van der Waals surface area contributed by atoms with Crippen LogP contribution >= 0.6 is 0 Å². The molecule has 0 atom stereocenters. The molecule has 2 aromatic heterocycles. The van der Waals surface area contributed by atoms with E-state index in [0.29, 0.717) is 25.3 Å². The lowest BCUT2D eigenvalue weighted by atomic mass is 10.3. The van der Waals surface area contributed by atoms with E-state index in [9.17, 15) is 4.79 Å². The Hall–Kier alpha value is -2.18. The number of amides is 1. The lowest BCUT2D eigenvalue weighted by molar-refractivity contribution is -0.130. The molecule has 7 heteroatoms. The Bertz CT molecular complexity index is 503. The van der Waals surface area contributed by atoms with Crippen LogP contribution in [-0.4, -0.2) is 42.6 Å². The number of rotatable bonds is 5. The van der Waals surface area contributed by atoms with Gasteiger partial charge in [0.15, 0.2) is 5.82 Å². The number of imidazole rings is 1. The van der Waals surface area contributed by atoms with Gasteiger partial charge in [0, 0.05) is 32.4 Å². The quantitative estimate of drug-likeness (QED) is 0.828. The van der Waals surface area contributed by atoms with E-state index in [-0.39, 0.29) is 5.91 Å². The molecule has 0 radical (unpaired) electrons. The zero-order valence-electron chi connectivity index (χ0n) is 10.5. The molecular formula is C11H16N6O. The summed E-state index contributed by atoms with van der Waals surface area (Å²) in [5.74, 6) is 1.45. The molecule has 1 N–H and O–H groups in total. The Balaban J connectivity index is 1.81. The Morgan fingerprint density at radius 2 is 2.39 bits per heavy atom. The van der Waals surface area contributed by atoms with E-state index in [2.05, 4.69) is 20.2 Å². The standard InChI is InChI=1S/C11H16N6O/c1-9-13-10(15-14-9)7-16(2)11(18)3-5-17-6-4-12-8-17/h4,6,8H,3,5,7H2,1-2H3,(H,13,14,15). The Kier molecular flexibility index (Phi) is 3.71. The zero-order valence-corrected chi connectivity index (χ0v) is 10.5. The lowest BCUT2D eigenvalue weighted by Crippen LogP contribution is -2.27. The number of aromatic nitrogens is 5. The second kappa shape index (κ2) is 5.44. The second-order valence-corrected chi connectivity index (χ2v) is 4.14. The number of aromatic amines is 1. The van der Waals surface area contributed by atoms with Crippen molar-refractivity contribution >= 4 is 5.91 Å². The third kappa shape index (κ3) is 3.16. The van der Waals surface area contributed by atoms with Gasteiger partial charge in [-0.25, -0.2) is 9.97 Å². The number of nitrogens with one attached hydrogen (secondary N) is 1. The summed E-state index contributed by atoms with van der Waals surface area (Å²) >= 11 is 0. The number of hydrogen-bond acceptors (Lipinski definition) is 4. The van der Waals surface area contributed by atoms with Crippen molar-refractivity contribution in [2.24, 2.45) is 0 Å². The van der Waals surface area contributed by atoms with E-state index in [1.165, 1.54) is 0 Å². The van der Waals surface area contributed by atoms with Crippen molar-refractivity contribution in [3.05, 3.63) is 30.4 Å². The fraction of sp³-hybridized carbons (Fsp3) is 0.455. The van der Waals surface area contributed by atoms with Crippen molar-refractivity contribution in [1.82, 2.24) is 29.6 Å².